The molecule has 5 aliphatic rings. The summed E-state index contributed by atoms with van der Waals surface area (Å²) < 4.78 is 10.1. The predicted octanol–water partition coefficient (Wildman–Crippen LogP) is 2.63. The molecule has 1 heterocycles. The van der Waals surface area contributed by atoms with Gasteiger partial charge in [0, 0.05) is 6.42 Å². The first-order chi connectivity index (χ1) is 9.75. The third-order valence-electron chi connectivity index (χ3n) is 5.48. The van der Waals surface area contributed by atoms with Crippen LogP contribution in [0.25, 0.3) is 0 Å². The molecule has 4 aliphatic carbocycles. The zero-order valence-electron chi connectivity index (χ0n) is 11.0. The average Bonchev–Trinajstić information content (AvgIpc) is 2.46. The first kappa shape index (κ1) is 10.9. The molecule has 0 saturated heterocycles. The summed E-state index contributed by atoms with van der Waals surface area (Å²) in [6.07, 6.45) is 5.46. The molecular formula is C16H14O4. The van der Waals surface area contributed by atoms with E-state index in [1.54, 1.807) is 0 Å². The van der Waals surface area contributed by atoms with Crippen LogP contribution in [0.15, 0.2) is 0 Å². The zero-order chi connectivity index (χ0) is 13.4. The minimum atomic E-state index is -0.320. The predicted molar refractivity (Wildman–Crippen MR) is 68.9 cm³/mol. The van der Waals surface area contributed by atoms with Gasteiger partial charge in [-0.15, -0.1) is 0 Å². The van der Waals surface area contributed by atoms with Crippen LogP contribution in [0.3, 0.4) is 0 Å². The molecule has 20 heavy (non-hydrogen) atoms. The highest BCUT2D eigenvalue weighted by molar-refractivity contribution is 6.05. The molecule has 0 aromatic heterocycles. The van der Waals surface area contributed by atoms with Crippen LogP contribution < -0.4 is 0 Å². The van der Waals surface area contributed by atoms with Crippen LogP contribution in [-0.2, 0) is 15.9 Å². The molecule has 6 bridgehead atoms. The number of benzene rings is 1. The Bertz CT molecular complexity index is 680. The molecule has 0 spiro atoms. The maximum Gasteiger partial charge on any atom is 0.341 e. The van der Waals surface area contributed by atoms with Gasteiger partial charge in [0.15, 0.2) is 0 Å². The fourth-order valence-electron chi connectivity index (χ4n) is 4.65. The number of carbonyl (C=O) groups is 2. The van der Waals surface area contributed by atoms with E-state index in [4.69, 9.17) is 9.47 Å². The second-order valence-electron chi connectivity index (χ2n) is 6.24. The third-order valence-corrected chi connectivity index (χ3v) is 5.48. The van der Waals surface area contributed by atoms with Crippen LogP contribution in [0.2, 0.25) is 0 Å². The first-order valence-corrected chi connectivity index (χ1v) is 7.31. The van der Waals surface area contributed by atoms with E-state index in [9.17, 15) is 9.59 Å². The van der Waals surface area contributed by atoms with E-state index >= 15 is 0 Å². The molecule has 0 unspecified atom stereocenters. The Hall–Kier alpha value is -1.84. The van der Waals surface area contributed by atoms with Gasteiger partial charge >= 0.3 is 11.9 Å². The Morgan fingerprint density at radius 2 is 1.35 bits per heavy atom. The molecule has 1 aromatic carbocycles. The quantitative estimate of drug-likeness (QED) is 0.690. The van der Waals surface area contributed by atoms with E-state index in [1.165, 1.54) is 36.8 Å². The van der Waals surface area contributed by atoms with E-state index in [1.807, 2.05) is 0 Å². The molecule has 1 aromatic rings. The summed E-state index contributed by atoms with van der Waals surface area (Å²) in [5.41, 5.74) is 5.92. The van der Waals surface area contributed by atoms with Crippen molar-refractivity contribution in [2.75, 3.05) is 6.79 Å². The van der Waals surface area contributed by atoms with Gasteiger partial charge in [0.1, 0.15) is 0 Å². The Morgan fingerprint density at radius 1 is 0.750 bits per heavy atom. The number of fused-ring (bicyclic) bond motifs is 2. The van der Waals surface area contributed by atoms with Crippen molar-refractivity contribution < 1.29 is 19.1 Å². The zero-order valence-corrected chi connectivity index (χ0v) is 11.0. The lowest BCUT2D eigenvalue weighted by atomic mass is 9.59. The molecule has 1 aliphatic heterocycles. The van der Waals surface area contributed by atoms with Crippen LogP contribution in [0, 0.1) is 0 Å². The summed E-state index contributed by atoms with van der Waals surface area (Å²) >= 11 is 0. The number of hydrogen-bond acceptors (Lipinski definition) is 4. The fraction of sp³-hybridized carbons (Fsp3) is 0.500. The fourth-order valence-corrected chi connectivity index (χ4v) is 4.65. The summed E-state index contributed by atoms with van der Waals surface area (Å²) in [4.78, 5) is 24.4. The van der Waals surface area contributed by atoms with Crippen molar-refractivity contribution in [1.29, 1.82) is 0 Å². The normalized spacial score (nSPS) is 28.8. The highest BCUT2D eigenvalue weighted by atomic mass is 16.7. The second kappa shape index (κ2) is 3.43. The van der Waals surface area contributed by atoms with E-state index in [0.717, 1.165) is 17.5 Å². The van der Waals surface area contributed by atoms with E-state index in [0.29, 0.717) is 23.0 Å². The lowest BCUT2D eigenvalue weighted by Gasteiger charge is -2.45. The maximum absolute atomic E-state index is 12.3. The summed E-state index contributed by atoms with van der Waals surface area (Å²) in [5.74, 6) is 0.389. The largest absolute Gasteiger partial charge is 0.424 e. The number of rotatable bonds is 0. The Morgan fingerprint density at radius 3 is 2.05 bits per heavy atom. The summed E-state index contributed by atoms with van der Waals surface area (Å²) in [6, 6.07) is 0. The van der Waals surface area contributed by atoms with Crippen LogP contribution in [0.4, 0.5) is 0 Å². The smallest absolute Gasteiger partial charge is 0.341 e. The van der Waals surface area contributed by atoms with Crippen molar-refractivity contribution in [2.45, 2.75) is 43.9 Å². The summed E-state index contributed by atoms with van der Waals surface area (Å²) in [7, 11) is 0. The van der Waals surface area contributed by atoms with Gasteiger partial charge in [0.25, 0.3) is 0 Å². The SMILES string of the molecule is O=C1OCOC(=O)c2c3c1c(c1c2C2CCC1CC2)C3. The number of ether oxygens (including phenoxy) is 2. The summed E-state index contributed by atoms with van der Waals surface area (Å²) in [5, 5.41) is 0. The van der Waals surface area contributed by atoms with Crippen molar-refractivity contribution in [2.24, 2.45) is 0 Å². The Kier molecular flexibility index (Phi) is 1.87. The lowest BCUT2D eigenvalue weighted by Crippen LogP contribution is -2.36. The standard InChI is InChI=1S/C16H14O4/c17-15-13-9-5-10(13)14(16(18)20-6-19-15)12-8-3-1-7(2-4-8)11(9)12/h7-8H,1-6H2. The van der Waals surface area contributed by atoms with Crippen molar-refractivity contribution in [3.05, 3.63) is 33.4 Å². The monoisotopic (exact) mass is 270 g/mol. The van der Waals surface area contributed by atoms with Crippen LogP contribution in [0.1, 0.15) is 80.5 Å². The molecule has 0 atom stereocenters. The molecular weight excluding hydrogens is 256 g/mol. The number of hydrogen-bond donors (Lipinski definition) is 0. The molecule has 0 amide bonds. The highest BCUT2D eigenvalue weighted by Crippen LogP contribution is 2.56. The number of cyclic esters (lactones) is 2. The first-order valence-electron chi connectivity index (χ1n) is 7.31. The Labute approximate surface area is 116 Å². The van der Waals surface area contributed by atoms with Crippen LogP contribution in [0.5, 0.6) is 0 Å². The maximum atomic E-state index is 12.3. The van der Waals surface area contributed by atoms with Gasteiger partial charge in [-0.1, -0.05) is 0 Å². The molecule has 4 heteroatoms. The number of carbonyl (C=O) groups excluding carboxylic acids is 2. The third kappa shape index (κ3) is 1.10. The number of esters is 2. The van der Waals surface area contributed by atoms with Crippen molar-refractivity contribution in [1.82, 2.24) is 0 Å². The minimum absolute atomic E-state index is 0.262. The van der Waals surface area contributed by atoms with Gasteiger partial charge in [-0.3, -0.25) is 0 Å². The lowest BCUT2D eigenvalue weighted by molar-refractivity contribution is -0.0189. The van der Waals surface area contributed by atoms with Gasteiger partial charge in [0.2, 0.25) is 6.79 Å². The van der Waals surface area contributed by atoms with Crippen LogP contribution >= 0.6 is 0 Å². The van der Waals surface area contributed by atoms with E-state index in [-0.39, 0.29) is 18.7 Å². The Balaban J connectivity index is 1.87. The van der Waals surface area contributed by atoms with E-state index in [2.05, 4.69) is 0 Å². The van der Waals surface area contributed by atoms with Crippen molar-refractivity contribution in [3.8, 4) is 0 Å². The molecule has 0 radical (unpaired) electrons. The molecule has 4 nitrogen and oxygen atoms in total. The minimum Gasteiger partial charge on any atom is -0.424 e. The molecule has 102 valence electrons. The second-order valence-corrected chi connectivity index (χ2v) is 6.24. The van der Waals surface area contributed by atoms with Gasteiger partial charge in [-0.05, 0) is 59.8 Å². The van der Waals surface area contributed by atoms with Gasteiger partial charge in [0.05, 0.1) is 11.1 Å². The van der Waals surface area contributed by atoms with Crippen LogP contribution in [-0.4, -0.2) is 18.7 Å². The highest BCUT2D eigenvalue weighted by Gasteiger charge is 2.46. The molecule has 1 fully saturated rings. The van der Waals surface area contributed by atoms with Gasteiger partial charge in [-0.25, -0.2) is 9.59 Å². The summed E-state index contributed by atoms with van der Waals surface area (Å²) in [6.45, 7) is -0.262. The van der Waals surface area contributed by atoms with Crippen molar-refractivity contribution >= 4 is 11.9 Å². The average molecular weight is 270 g/mol. The van der Waals surface area contributed by atoms with Crippen molar-refractivity contribution in [3.63, 3.8) is 0 Å². The molecule has 0 N–H and O–H groups in total. The van der Waals surface area contributed by atoms with Gasteiger partial charge in [-0.2, -0.15) is 0 Å². The van der Waals surface area contributed by atoms with Gasteiger partial charge < -0.3 is 9.47 Å². The molecule has 1 saturated carbocycles. The van der Waals surface area contributed by atoms with E-state index < -0.39 is 0 Å². The topological polar surface area (TPSA) is 52.6 Å². The molecule has 6 rings (SSSR count).